The summed E-state index contributed by atoms with van der Waals surface area (Å²) in [7, 11) is 0. The van der Waals surface area contributed by atoms with Crippen LogP contribution in [0, 0.1) is 0 Å². The van der Waals surface area contributed by atoms with Gasteiger partial charge in [0.05, 0.1) is 0 Å². The highest BCUT2D eigenvalue weighted by Crippen LogP contribution is 2.36. The first-order valence-electron chi connectivity index (χ1n) is 4.78. The van der Waals surface area contributed by atoms with Crippen molar-refractivity contribution < 1.29 is 0 Å². The Morgan fingerprint density at radius 2 is 1.85 bits per heavy atom. The van der Waals surface area contributed by atoms with Gasteiger partial charge in [0.1, 0.15) is 0 Å². The lowest BCUT2D eigenvalue weighted by molar-refractivity contribution is 0.432. The molecule has 0 unspecified atom stereocenters. The molecule has 1 aromatic rings. The molecule has 0 spiro atoms. The second-order valence-corrected chi connectivity index (χ2v) is 4.39. The fraction of sp³-hybridized carbons (Fsp3) is 0.500. The molecule has 0 bridgehead atoms. The molecule has 0 atom stereocenters. The van der Waals surface area contributed by atoms with Gasteiger partial charge in [-0.05, 0) is 35.8 Å². The predicted molar refractivity (Wildman–Crippen MR) is 57.4 cm³/mol. The van der Waals surface area contributed by atoms with Crippen molar-refractivity contribution in [3.8, 4) is 0 Å². The van der Waals surface area contributed by atoms with Gasteiger partial charge in [-0.25, -0.2) is 0 Å². The SMILES string of the molecule is CC1(C)CCCc2ccccc21.N. The second-order valence-electron chi connectivity index (χ2n) is 4.39. The van der Waals surface area contributed by atoms with Gasteiger partial charge in [-0.2, -0.15) is 0 Å². The molecule has 0 aliphatic heterocycles. The van der Waals surface area contributed by atoms with Crippen LogP contribution in [0.3, 0.4) is 0 Å². The van der Waals surface area contributed by atoms with E-state index in [2.05, 4.69) is 38.1 Å². The normalized spacial score (nSPS) is 18.6. The quantitative estimate of drug-likeness (QED) is 0.647. The van der Waals surface area contributed by atoms with Gasteiger partial charge in [-0.15, -0.1) is 0 Å². The Morgan fingerprint density at radius 1 is 1.15 bits per heavy atom. The molecule has 0 amide bonds. The van der Waals surface area contributed by atoms with Crippen LogP contribution in [-0.4, -0.2) is 0 Å². The molecular weight excluding hydrogens is 158 g/mol. The van der Waals surface area contributed by atoms with E-state index in [-0.39, 0.29) is 6.15 Å². The molecule has 13 heavy (non-hydrogen) atoms. The Hall–Kier alpha value is -0.820. The standard InChI is InChI=1S/C12H16.H3N/c1-12(2)9-5-7-10-6-3-4-8-11(10)12;/h3-4,6,8H,5,7,9H2,1-2H3;1H3. The Labute approximate surface area is 80.8 Å². The molecule has 0 heterocycles. The van der Waals surface area contributed by atoms with Crippen molar-refractivity contribution in [2.45, 2.75) is 38.5 Å². The summed E-state index contributed by atoms with van der Waals surface area (Å²) in [4.78, 5) is 0. The fourth-order valence-corrected chi connectivity index (χ4v) is 2.25. The summed E-state index contributed by atoms with van der Waals surface area (Å²) < 4.78 is 0. The number of aryl methyl sites for hydroxylation is 1. The van der Waals surface area contributed by atoms with Gasteiger partial charge in [0.15, 0.2) is 0 Å². The first-order chi connectivity index (χ1) is 5.70. The van der Waals surface area contributed by atoms with Crippen molar-refractivity contribution in [1.29, 1.82) is 0 Å². The second kappa shape index (κ2) is 3.51. The smallest absolute Gasteiger partial charge is 0.0101 e. The molecule has 0 aromatic heterocycles. The highest BCUT2D eigenvalue weighted by molar-refractivity contribution is 5.35. The highest BCUT2D eigenvalue weighted by Gasteiger charge is 2.26. The third kappa shape index (κ3) is 1.75. The third-order valence-electron chi connectivity index (χ3n) is 2.99. The van der Waals surface area contributed by atoms with Crippen LogP contribution in [0.1, 0.15) is 37.8 Å². The van der Waals surface area contributed by atoms with Crippen molar-refractivity contribution in [2.75, 3.05) is 0 Å². The van der Waals surface area contributed by atoms with E-state index in [0.29, 0.717) is 5.41 Å². The van der Waals surface area contributed by atoms with Crippen LogP contribution in [0.15, 0.2) is 24.3 Å². The van der Waals surface area contributed by atoms with Crippen LogP contribution < -0.4 is 6.15 Å². The number of benzene rings is 1. The lowest BCUT2D eigenvalue weighted by atomic mass is 9.73. The molecule has 1 nitrogen and oxygen atoms in total. The fourth-order valence-electron chi connectivity index (χ4n) is 2.25. The molecular formula is C12H19N. The number of rotatable bonds is 0. The van der Waals surface area contributed by atoms with Gasteiger partial charge in [0, 0.05) is 0 Å². The third-order valence-corrected chi connectivity index (χ3v) is 2.99. The lowest BCUT2D eigenvalue weighted by Crippen LogP contribution is -2.23. The van der Waals surface area contributed by atoms with E-state index >= 15 is 0 Å². The summed E-state index contributed by atoms with van der Waals surface area (Å²) in [5.41, 5.74) is 3.54. The van der Waals surface area contributed by atoms with Gasteiger partial charge in [0.2, 0.25) is 0 Å². The average molecular weight is 177 g/mol. The molecule has 2 rings (SSSR count). The molecule has 1 aliphatic rings. The van der Waals surface area contributed by atoms with Gasteiger partial charge in [-0.1, -0.05) is 38.1 Å². The van der Waals surface area contributed by atoms with E-state index in [1.807, 2.05) is 0 Å². The van der Waals surface area contributed by atoms with Crippen LogP contribution in [-0.2, 0) is 11.8 Å². The molecule has 72 valence electrons. The Morgan fingerprint density at radius 3 is 2.54 bits per heavy atom. The summed E-state index contributed by atoms with van der Waals surface area (Å²) in [6.07, 6.45) is 3.97. The molecule has 0 fully saturated rings. The van der Waals surface area contributed by atoms with E-state index in [1.54, 1.807) is 11.1 Å². The summed E-state index contributed by atoms with van der Waals surface area (Å²) in [6, 6.07) is 8.87. The monoisotopic (exact) mass is 177 g/mol. The van der Waals surface area contributed by atoms with Crippen molar-refractivity contribution in [2.24, 2.45) is 0 Å². The van der Waals surface area contributed by atoms with E-state index in [9.17, 15) is 0 Å². The first-order valence-corrected chi connectivity index (χ1v) is 4.78. The average Bonchev–Trinajstić information content (AvgIpc) is 2.04. The molecule has 1 heteroatoms. The number of fused-ring (bicyclic) bond motifs is 1. The molecule has 0 saturated heterocycles. The molecule has 0 saturated carbocycles. The van der Waals surface area contributed by atoms with Crippen LogP contribution >= 0.6 is 0 Å². The Balaban J connectivity index is 0.000000845. The lowest BCUT2D eigenvalue weighted by Gasteiger charge is -2.32. The largest absolute Gasteiger partial charge is 0.344 e. The van der Waals surface area contributed by atoms with Crippen LogP contribution in [0.25, 0.3) is 0 Å². The van der Waals surface area contributed by atoms with Crippen molar-refractivity contribution in [1.82, 2.24) is 6.15 Å². The van der Waals surface area contributed by atoms with Crippen molar-refractivity contribution in [3.05, 3.63) is 35.4 Å². The van der Waals surface area contributed by atoms with E-state index in [4.69, 9.17) is 0 Å². The maximum atomic E-state index is 2.35. The molecule has 1 aliphatic carbocycles. The minimum Gasteiger partial charge on any atom is -0.344 e. The van der Waals surface area contributed by atoms with E-state index in [0.717, 1.165) is 0 Å². The summed E-state index contributed by atoms with van der Waals surface area (Å²) in [6.45, 7) is 4.70. The van der Waals surface area contributed by atoms with Crippen LogP contribution in [0.2, 0.25) is 0 Å². The van der Waals surface area contributed by atoms with Gasteiger partial charge < -0.3 is 6.15 Å². The summed E-state index contributed by atoms with van der Waals surface area (Å²) >= 11 is 0. The topological polar surface area (TPSA) is 35.0 Å². The minimum absolute atomic E-state index is 0. The first kappa shape index (κ1) is 10.3. The van der Waals surface area contributed by atoms with Crippen LogP contribution in [0.4, 0.5) is 0 Å². The van der Waals surface area contributed by atoms with Gasteiger partial charge in [-0.3, -0.25) is 0 Å². The zero-order valence-electron chi connectivity index (χ0n) is 8.64. The van der Waals surface area contributed by atoms with E-state index < -0.39 is 0 Å². The Bertz CT molecular complexity index is 289. The van der Waals surface area contributed by atoms with Gasteiger partial charge in [0.25, 0.3) is 0 Å². The molecule has 0 radical (unpaired) electrons. The summed E-state index contributed by atoms with van der Waals surface area (Å²) in [5, 5.41) is 0. The molecule has 3 N–H and O–H groups in total. The van der Waals surface area contributed by atoms with Crippen LogP contribution in [0.5, 0.6) is 0 Å². The van der Waals surface area contributed by atoms with Crippen molar-refractivity contribution in [3.63, 3.8) is 0 Å². The predicted octanol–water partition coefficient (Wildman–Crippen LogP) is 3.46. The number of hydrogen-bond donors (Lipinski definition) is 1. The number of hydrogen-bond acceptors (Lipinski definition) is 1. The van der Waals surface area contributed by atoms with Crippen molar-refractivity contribution >= 4 is 0 Å². The summed E-state index contributed by atoms with van der Waals surface area (Å²) in [5.74, 6) is 0. The zero-order valence-corrected chi connectivity index (χ0v) is 8.64. The highest BCUT2D eigenvalue weighted by atomic mass is 14.3. The zero-order chi connectivity index (χ0) is 8.60. The Kier molecular flexibility index (Phi) is 2.77. The van der Waals surface area contributed by atoms with Gasteiger partial charge >= 0.3 is 0 Å². The maximum Gasteiger partial charge on any atom is -0.0101 e. The molecule has 1 aromatic carbocycles. The van der Waals surface area contributed by atoms with E-state index in [1.165, 1.54) is 19.3 Å². The minimum atomic E-state index is 0. The maximum absolute atomic E-state index is 2.35.